The quantitative estimate of drug-likeness (QED) is 0.163. The van der Waals surface area contributed by atoms with Gasteiger partial charge < -0.3 is 5.41 Å². The Kier molecular flexibility index (Phi) is 8.01. The Bertz CT molecular complexity index is 2730. The first-order valence-electron chi connectivity index (χ1n) is 18.2. The van der Waals surface area contributed by atoms with Crippen LogP contribution in [0.25, 0.3) is 60.6 Å². The second kappa shape index (κ2) is 13.2. The first kappa shape index (κ1) is 32.3. The average molecular weight is 679 g/mol. The highest BCUT2D eigenvalue weighted by molar-refractivity contribution is 6.12. The zero-order valence-electron chi connectivity index (χ0n) is 29.8. The minimum atomic E-state index is -0.0591. The smallest absolute Gasteiger partial charge is 0.0723 e. The van der Waals surface area contributed by atoms with E-state index < -0.39 is 0 Å². The normalized spacial score (nSPS) is 13.4. The first-order chi connectivity index (χ1) is 26.0. The van der Waals surface area contributed by atoms with Crippen molar-refractivity contribution < 1.29 is 0 Å². The van der Waals surface area contributed by atoms with Gasteiger partial charge in [-0.2, -0.15) is 0 Å². The fraction of sp³-hybridized carbons (Fsp3) is 0.0588. The van der Waals surface area contributed by atoms with Crippen LogP contribution in [-0.2, 0) is 5.41 Å². The van der Waals surface area contributed by atoms with Crippen molar-refractivity contribution in [2.75, 3.05) is 0 Å². The number of hydrogen-bond donors (Lipinski definition) is 1. The van der Waals surface area contributed by atoms with Crippen LogP contribution in [0.3, 0.4) is 0 Å². The van der Waals surface area contributed by atoms with E-state index in [9.17, 15) is 0 Å². The highest BCUT2D eigenvalue weighted by Crippen LogP contribution is 2.52. The third-order valence-electron chi connectivity index (χ3n) is 10.8. The maximum absolute atomic E-state index is 8.77. The van der Waals surface area contributed by atoms with Crippen molar-refractivity contribution >= 4 is 39.2 Å². The molecule has 2 heteroatoms. The minimum Gasteiger partial charge on any atom is -0.300 e. The molecule has 0 spiro atoms. The number of nitrogens with zero attached hydrogens (tertiary/aromatic N) is 1. The highest BCUT2D eigenvalue weighted by Gasteiger charge is 2.36. The van der Waals surface area contributed by atoms with Gasteiger partial charge in [0.15, 0.2) is 0 Å². The number of fused-ring (bicyclic) bond motifs is 6. The molecule has 0 fully saturated rings. The summed E-state index contributed by atoms with van der Waals surface area (Å²) < 4.78 is 0. The van der Waals surface area contributed by atoms with Crippen LogP contribution in [0.15, 0.2) is 187 Å². The molecule has 0 heterocycles. The summed E-state index contributed by atoms with van der Waals surface area (Å²) in [5, 5.41) is 13.7. The van der Waals surface area contributed by atoms with Crippen LogP contribution in [-0.4, -0.2) is 11.9 Å². The van der Waals surface area contributed by atoms with Gasteiger partial charge in [-0.15, -0.1) is 0 Å². The molecule has 0 aliphatic heterocycles. The van der Waals surface area contributed by atoms with Gasteiger partial charge in [0, 0.05) is 22.8 Å². The van der Waals surface area contributed by atoms with E-state index in [0.717, 1.165) is 27.8 Å². The van der Waals surface area contributed by atoms with Crippen molar-refractivity contribution in [1.29, 1.82) is 5.41 Å². The lowest BCUT2D eigenvalue weighted by Gasteiger charge is -2.23. The van der Waals surface area contributed by atoms with Gasteiger partial charge in [0.1, 0.15) is 0 Å². The molecule has 1 N–H and O–H groups in total. The van der Waals surface area contributed by atoms with Crippen LogP contribution < -0.4 is 0 Å². The van der Waals surface area contributed by atoms with Crippen LogP contribution in [0.4, 0.5) is 0 Å². The van der Waals surface area contributed by atoms with Crippen molar-refractivity contribution in [2.45, 2.75) is 19.3 Å². The van der Waals surface area contributed by atoms with E-state index in [1.165, 1.54) is 60.7 Å². The van der Waals surface area contributed by atoms with Crippen LogP contribution in [0.5, 0.6) is 0 Å². The molecule has 0 aromatic heterocycles. The van der Waals surface area contributed by atoms with Crippen LogP contribution in [0.1, 0.15) is 41.7 Å². The molecule has 9 rings (SSSR count). The summed E-state index contributed by atoms with van der Waals surface area (Å²) in [6.45, 7) is 4.72. The number of rotatable bonds is 7. The molecular formula is C51H38N2. The molecular weight excluding hydrogens is 641 g/mol. The van der Waals surface area contributed by atoms with Gasteiger partial charge in [-0.25, -0.2) is 0 Å². The highest BCUT2D eigenvalue weighted by atomic mass is 14.7. The molecule has 53 heavy (non-hydrogen) atoms. The maximum atomic E-state index is 8.77. The van der Waals surface area contributed by atoms with E-state index in [1.807, 2.05) is 73.0 Å². The second-order valence-corrected chi connectivity index (χ2v) is 14.4. The maximum Gasteiger partial charge on any atom is 0.0723 e. The van der Waals surface area contributed by atoms with Crippen LogP contribution >= 0.6 is 0 Å². The third kappa shape index (κ3) is 5.79. The molecule has 0 atom stereocenters. The third-order valence-corrected chi connectivity index (χ3v) is 10.8. The molecule has 0 unspecified atom stereocenters. The van der Waals surface area contributed by atoms with E-state index in [4.69, 9.17) is 10.4 Å². The monoisotopic (exact) mass is 678 g/mol. The molecule has 0 saturated carbocycles. The molecule has 0 saturated heterocycles. The largest absolute Gasteiger partial charge is 0.300 e. The Balaban J connectivity index is 1.04. The predicted molar refractivity (Wildman–Crippen MR) is 225 cm³/mol. The van der Waals surface area contributed by atoms with Crippen LogP contribution in [0, 0.1) is 5.41 Å². The number of hydrogen-bond acceptors (Lipinski definition) is 2. The summed E-state index contributed by atoms with van der Waals surface area (Å²) in [5.41, 5.74) is 14.3. The van der Waals surface area contributed by atoms with Crippen molar-refractivity contribution in [3.8, 4) is 33.4 Å². The van der Waals surface area contributed by atoms with E-state index in [1.54, 1.807) is 0 Å². The summed E-state index contributed by atoms with van der Waals surface area (Å²) in [6.07, 6.45) is 3.78. The summed E-state index contributed by atoms with van der Waals surface area (Å²) in [6, 6.07) is 62.1. The Labute approximate surface area is 311 Å². The number of aliphatic imine (C=N–C) groups is 1. The molecule has 1 aliphatic rings. The Morgan fingerprint density at radius 3 is 1.87 bits per heavy atom. The van der Waals surface area contributed by atoms with Gasteiger partial charge in [0.25, 0.3) is 0 Å². The van der Waals surface area contributed by atoms with Crippen molar-refractivity contribution in [3.05, 3.63) is 210 Å². The summed E-state index contributed by atoms with van der Waals surface area (Å²) >= 11 is 0. The van der Waals surface area contributed by atoms with Gasteiger partial charge in [-0.05, 0) is 83.8 Å². The zero-order chi connectivity index (χ0) is 35.9. The van der Waals surface area contributed by atoms with E-state index >= 15 is 0 Å². The van der Waals surface area contributed by atoms with Gasteiger partial charge in [-0.1, -0.05) is 184 Å². The molecule has 0 amide bonds. The van der Waals surface area contributed by atoms with Crippen LogP contribution in [0.2, 0.25) is 0 Å². The lowest BCUT2D eigenvalue weighted by atomic mass is 9.80. The van der Waals surface area contributed by atoms with Crippen molar-refractivity contribution in [2.24, 2.45) is 4.99 Å². The van der Waals surface area contributed by atoms with E-state index in [-0.39, 0.29) is 5.41 Å². The zero-order valence-corrected chi connectivity index (χ0v) is 29.8. The van der Waals surface area contributed by atoms with Gasteiger partial charge in [-0.3, -0.25) is 4.99 Å². The van der Waals surface area contributed by atoms with Gasteiger partial charge in [0.2, 0.25) is 0 Å². The van der Waals surface area contributed by atoms with Crippen molar-refractivity contribution in [3.63, 3.8) is 0 Å². The molecule has 0 bridgehead atoms. The van der Waals surface area contributed by atoms with Gasteiger partial charge in [0.05, 0.1) is 11.4 Å². The Hall–Kier alpha value is -6.64. The molecule has 8 aromatic rings. The second-order valence-electron chi connectivity index (χ2n) is 14.4. The lowest BCUT2D eigenvalue weighted by molar-refractivity contribution is 0.666. The molecule has 8 aromatic carbocycles. The summed E-state index contributed by atoms with van der Waals surface area (Å²) in [4.78, 5) is 4.99. The number of nitrogens with one attached hydrogen (secondary N) is 1. The molecule has 1 aliphatic carbocycles. The van der Waals surface area contributed by atoms with E-state index in [0.29, 0.717) is 5.71 Å². The number of allylic oxidation sites excluding steroid dienone is 1. The predicted octanol–water partition coefficient (Wildman–Crippen LogP) is 13.2. The molecule has 252 valence electrons. The van der Waals surface area contributed by atoms with Crippen molar-refractivity contribution in [1.82, 2.24) is 0 Å². The molecule has 0 radical (unpaired) electrons. The summed E-state index contributed by atoms with van der Waals surface area (Å²) in [7, 11) is 0. The first-order valence-corrected chi connectivity index (χ1v) is 18.2. The Morgan fingerprint density at radius 1 is 0.509 bits per heavy atom. The SMILES string of the molecule is CC1(C)c2ccc(-c3ccc(-c4ccc(C=N/C(=C\C(=N)c5ccccc5)c5ccccc5)c5ccccc45)cc3)cc2-c2ccc3ccccc3c21. The Morgan fingerprint density at radius 2 is 1.11 bits per heavy atom. The molecule has 2 nitrogen and oxygen atoms in total. The topological polar surface area (TPSA) is 36.2 Å². The number of benzene rings is 8. The van der Waals surface area contributed by atoms with E-state index in [2.05, 4.69) is 129 Å². The summed E-state index contributed by atoms with van der Waals surface area (Å²) in [5.74, 6) is 0. The minimum absolute atomic E-state index is 0.0591. The fourth-order valence-corrected chi connectivity index (χ4v) is 8.11. The lowest BCUT2D eigenvalue weighted by Crippen LogP contribution is -2.15. The fourth-order valence-electron chi connectivity index (χ4n) is 8.11. The standard InChI is InChI=1S/C51H38N2/c1-51(2)47-30-27-39(31-46(47)45-29-25-35-13-9-10-19-43(35)50(45)51)34-21-23-36(24-22-34)42-28-26-40(41-18-11-12-20-44(41)42)33-53-49(38-16-7-4-8-17-38)32-48(52)37-14-5-3-6-15-37/h3-33,52H,1-2H3/b49-32-,52-48?,53-33?. The average Bonchev–Trinajstić information content (AvgIpc) is 3.45. The van der Waals surface area contributed by atoms with Gasteiger partial charge >= 0.3 is 0 Å².